The van der Waals surface area contributed by atoms with Gasteiger partial charge in [-0.3, -0.25) is 4.79 Å². The van der Waals surface area contributed by atoms with Gasteiger partial charge in [-0.25, -0.2) is 0 Å². The number of hydrogen-bond acceptors (Lipinski definition) is 2. The number of nitrogens with one attached hydrogen (secondary N) is 1. The van der Waals surface area contributed by atoms with Crippen molar-refractivity contribution in [3.8, 4) is 5.75 Å². The lowest BCUT2D eigenvalue weighted by molar-refractivity contribution is -0.123. The van der Waals surface area contributed by atoms with Gasteiger partial charge in [-0.1, -0.05) is 42.0 Å². The highest BCUT2D eigenvalue weighted by atomic mass is 16.5. The fourth-order valence-electron chi connectivity index (χ4n) is 3.05. The molecule has 0 spiro atoms. The Hall–Kier alpha value is -2.29. The monoisotopic (exact) mass is 295 g/mol. The minimum absolute atomic E-state index is 0.0581. The van der Waals surface area contributed by atoms with Gasteiger partial charge in [0.2, 0.25) is 0 Å². The van der Waals surface area contributed by atoms with Crippen LogP contribution in [0.4, 0.5) is 0 Å². The van der Waals surface area contributed by atoms with Crippen LogP contribution >= 0.6 is 0 Å². The molecule has 0 saturated carbocycles. The molecule has 0 aromatic heterocycles. The molecule has 1 aliphatic rings. The molecule has 114 valence electrons. The van der Waals surface area contributed by atoms with Crippen molar-refractivity contribution in [3.63, 3.8) is 0 Å². The SMILES string of the molecule is Cc1ccc(OCC(=O)NC2CCc3ccccc32)c(C)c1. The summed E-state index contributed by atoms with van der Waals surface area (Å²) >= 11 is 0. The molecule has 0 saturated heterocycles. The predicted molar refractivity (Wildman–Crippen MR) is 87.1 cm³/mol. The Morgan fingerprint density at radius 2 is 2.05 bits per heavy atom. The first-order valence-electron chi connectivity index (χ1n) is 7.71. The number of carbonyl (C=O) groups excluding carboxylic acids is 1. The lowest BCUT2D eigenvalue weighted by atomic mass is 10.1. The van der Waals surface area contributed by atoms with E-state index in [1.165, 1.54) is 16.7 Å². The summed E-state index contributed by atoms with van der Waals surface area (Å²) in [6.45, 7) is 4.09. The van der Waals surface area contributed by atoms with Crippen molar-refractivity contribution in [2.75, 3.05) is 6.61 Å². The topological polar surface area (TPSA) is 38.3 Å². The molecule has 2 aromatic carbocycles. The predicted octanol–water partition coefficient (Wildman–Crippen LogP) is 3.49. The van der Waals surface area contributed by atoms with E-state index in [1.54, 1.807) is 0 Å². The number of benzene rings is 2. The van der Waals surface area contributed by atoms with E-state index >= 15 is 0 Å². The third-order valence-electron chi connectivity index (χ3n) is 4.16. The molecule has 0 aliphatic heterocycles. The number of ether oxygens (including phenoxy) is 1. The van der Waals surface area contributed by atoms with Crippen LogP contribution in [0.1, 0.15) is 34.7 Å². The molecular weight excluding hydrogens is 274 g/mol. The molecule has 2 aromatic rings. The van der Waals surface area contributed by atoms with Crippen molar-refractivity contribution in [2.24, 2.45) is 0 Å². The second-order valence-electron chi connectivity index (χ2n) is 5.92. The smallest absolute Gasteiger partial charge is 0.258 e. The van der Waals surface area contributed by atoms with Gasteiger partial charge in [0.15, 0.2) is 6.61 Å². The quantitative estimate of drug-likeness (QED) is 0.937. The lowest BCUT2D eigenvalue weighted by Gasteiger charge is -2.15. The zero-order valence-electron chi connectivity index (χ0n) is 13.1. The molecule has 1 atom stereocenters. The van der Waals surface area contributed by atoms with Crippen LogP contribution in [0.3, 0.4) is 0 Å². The first-order chi connectivity index (χ1) is 10.6. The minimum Gasteiger partial charge on any atom is -0.484 e. The molecular formula is C19H21NO2. The van der Waals surface area contributed by atoms with Gasteiger partial charge in [-0.15, -0.1) is 0 Å². The second kappa shape index (κ2) is 6.22. The zero-order valence-corrected chi connectivity index (χ0v) is 13.1. The first-order valence-corrected chi connectivity index (χ1v) is 7.71. The molecule has 1 amide bonds. The molecule has 1 N–H and O–H groups in total. The number of amides is 1. The second-order valence-corrected chi connectivity index (χ2v) is 5.92. The molecule has 0 heterocycles. The largest absolute Gasteiger partial charge is 0.484 e. The summed E-state index contributed by atoms with van der Waals surface area (Å²) in [5.41, 5.74) is 4.82. The highest BCUT2D eigenvalue weighted by molar-refractivity contribution is 5.78. The molecule has 3 rings (SSSR count). The van der Waals surface area contributed by atoms with Crippen LogP contribution in [0.2, 0.25) is 0 Å². The molecule has 1 aliphatic carbocycles. The molecule has 22 heavy (non-hydrogen) atoms. The molecule has 3 heteroatoms. The Morgan fingerprint density at radius 3 is 2.86 bits per heavy atom. The number of fused-ring (bicyclic) bond motifs is 1. The number of carbonyl (C=O) groups is 1. The lowest BCUT2D eigenvalue weighted by Crippen LogP contribution is -2.31. The van der Waals surface area contributed by atoms with Gasteiger partial charge in [0.25, 0.3) is 5.91 Å². The highest BCUT2D eigenvalue weighted by Gasteiger charge is 2.23. The molecule has 0 bridgehead atoms. The minimum atomic E-state index is -0.0679. The van der Waals surface area contributed by atoms with Crippen molar-refractivity contribution in [1.29, 1.82) is 0 Å². The number of rotatable bonds is 4. The van der Waals surface area contributed by atoms with Crippen molar-refractivity contribution in [1.82, 2.24) is 5.32 Å². The van der Waals surface area contributed by atoms with Crippen LogP contribution in [0.5, 0.6) is 5.75 Å². The highest BCUT2D eigenvalue weighted by Crippen LogP contribution is 2.30. The van der Waals surface area contributed by atoms with Gasteiger partial charge < -0.3 is 10.1 Å². The molecule has 1 unspecified atom stereocenters. The number of aryl methyl sites for hydroxylation is 3. The van der Waals surface area contributed by atoms with E-state index in [0.717, 1.165) is 24.2 Å². The van der Waals surface area contributed by atoms with Crippen molar-refractivity contribution >= 4 is 5.91 Å². The summed E-state index contributed by atoms with van der Waals surface area (Å²) < 4.78 is 5.64. The fraction of sp³-hybridized carbons (Fsp3) is 0.316. The van der Waals surface area contributed by atoms with E-state index in [9.17, 15) is 4.79 Å². The molecule has 3 nitrogen and oxygen atoms in total. The van der Waals surface area contributed by atoms with Gasteiger partial charge in [0.05, 0.1) is 6.04 Å². The number of hydrogen-bond donors (Lipinski definition) is 1. The van der Waals surface area contributed by atoms with Gasteiger partial charge in [-0.05, 0) is 49.4 Å². The average molecular weight is 295 g/mol. The van der Waals surface area contributed by atoms with E-state index in [2.05, 4.69) is 23.5 Å². The van der Waals surface area contributed by atoms with E-state index < -0.39 is 0 Å². The van der Waals surface area contributed by atoms with Gasteiger partial charge in [0, 0.05) is 0 Å². The zero-order chi connectivity index (χ0) is 15.5. The third-order valence-corrected chi connectivity index (χ3v) is 4.16. The summed E-state index contributed by atoms with van der Waals surface area (Å²) in [4.78, 5) is 12.1. The van der Waals surface area contributed by atoms with E-state index in [4.69, 9.17) is 4.74 Å². The summed E-state index contributed by atoms with van der Waals surface area (Å²) in [7, 11) is 0. The first kappa shape index (κ1) is 14.6. The summed E-state index contributed by atoms with van der Waals surface area (Å²) in [6, 6.07) is 14.4. The molecule has 0 radical (unpaired) electrons. The standard InChI is InChI=1S/C19H21NO2/c1-13-7-10-18(14(2)11-13)22-12-19(21)20-17-9-8-15-5-3-4-6-16(15)17/h3-7,10-11,17H,8-9,12H2,1-2H3,(H,20,21). The maximum absolute atomic E-state index is 12.1. The Morgan fingerprint density at radius 1 is 1.23 bits per heavy atom. The maximum Gasteiger partial charge on any atom is 0.258 e. The van der Waals surface area contributed by atoms with Crippen molar-refractivity contribution in [2.45, 2.75) is 32.7 Å². The Balaban J connectivity index is 1.57. The summed E-state index contributed by atoms with van der Waals surface area (Å²) in [5.74, 6) is 0.703. The Labute approximate surface area is 131 Å². The van der Waals surface area contributed by atoms with Gasteiger partial charge in [0.1, 0.15) is 5.75 Å². The molecule has 0 fully saturated rings. The van der Waals surface area contributed by atoms with Crippen LogP contribution in [-0.4, -0.2) is 12.5 Å². The van der Waals surface area contributed by atoms with E-state index in [1.807, 2.05) is 38.1 Å². The average Bonchev–Trinajstić information content (AvgIpc) is 2.90. The van der Waals surface area contributed by atoms with Crippen molar-refractivity contribution < 1.29 is 9.53 Å². The summed E-state index contributed by atoms with van der Waals surface area (Å²) in [5, 5.41) is 3.07. The van der Waals surface area contributed by atoms with Crippen LogP contribution in [0.25, 0.3) is 0 Å². The maximum atomic E-state index is 12.1. The van der Waals surface area contributed by atoms with Crippen LogP contribution in [0.15, 0.2) is 42.5 Å². The van der Waals surface area contributed by atoms with Gasteiger partial charge in [-0.2, -0.15) is 0 Å². The van der Waals surface area contributed by atoms with Crippen LogP contribution in [-0.2, 0) is 11.2 Å². The Bertz CT molecular complexity index is 694. The van der Waals surface area contributed by atoms with Crippen LogP contribution in [0, 0.1) is 13.8 Å². The van der Waals surface area contributed by atoms with E-state index in [-0.39, 0.29) is 18.6 Å². The third kappa shape index (κ3) is 3.14. The van der Waals surface area contributed by atoms with Crippen molar-refractivity contribution in [3.05, 3.63) is 64.7 Å². The fourth-order valence-corrected chi connectivity index (χ4v) is 3.05. The normalized spacial score (nSPS) is 16.2. The van der Waals surface area contributed by atoms with E-state index in [0.29, 0.717) is 0 Å². The van der Waals surface area contributed by atoms with Crippen LogP contribution < -0.4 is 10.1 Å². The van der Waals surface area contributed by atoms with Gasteiger partial charge >= 0.3 is 0 Å². The Kier molecular flexibility index (Phi) is 4.14. The summed E-state index contributed by atoms with van der Waals surface area (Å²) in [6.07, 6.45) is 1.99.